The van der Waals surface area contributed by atoms with Crippen LogP contribution < -0.4 is 5.32 Å². The van der Waals surface area contributed by atoms with Crippen molar-refractivity contribution in [2.24, 2.45) is 0 Å². The summed E-state index contributed by atoms with van der Waals surface area (Å²) in [6, 6.07) is 4.03. The topological polar surface area (TPSA) is 42.7 Å². The lowest BCUT2D eigenvalue weighted by Crippen LogP contribution is -2.08. The standard InChI is InChI=1S/C15H22N4/c1-3-4-5-6-9-17-14-8-7-10-18-15(14)19-12-11-16-13(19)2/h7-8,10-12,17H,3-6,9H2,1-2H3. The van der Waals surface area contributed by atoms with E-state index < -0.39 is 0 Å². The van der Waals surface area contributed by atoms with Gasteiger partial charge in [0.05, 0.1) is 5.69 Å². The van der Waals surface area contributed by atoms with Crippen molar-refractivity contribution in [1.82, 2.24) is 14.5 Å². The molecule has 0 saturated heterocycles. The Morgan fingerprint density at radius 2 is 2.05 bits per heavy atom. The van der Waals surface area contributed by atoms with Crippen LogP contribution in [0.25, 0.3) is 5.82 Å². The highest BCUT2D eigenvalue weighted by molar-refractivity contribution is 5.56. The third-order valence-electron chi connectivity index (χ3n) is 3.19. The second-order valence-electron chi connectivity index (χ2n) is 4.71. The lowest BCUT2D eigenvalue weighted by Gasteiger charge is -2.12. The number of aryl methyl sites for hydroxylation is 1. The van der Waals surface area contributed by atoms with E-state index in [-0.39, 0.29) is 0 Å². The number of imidazole rings is 1. The minimum Gasteiger partial charge on any atom is -0.382 e. The lowest BCUT2D eigenvalue weighted by atomic mass is 10.2. The van der Waals surface area contributed by atoms with Crippen LogP contribution in [0.5, 0.6) is 0 Å². The molecule has 4 heteroatoms. The number of hydrogen-bond acceptors (Lipinski definition) is 3. The average Bonchev–Trinajstić information content (AvgIpc) is 2.85. The molecule has 2 aromatic heterocycles. The number of unbranched alkanes of at least 4 members (excludes halogenated alkanes) is 3. The summed E-state index contributed by atoms with van der Waals surface area (Å²) >= 11 is 0. The fourth-order valence-corrected chi connectivity index (χ4v) is 2.10. The zero-order valence-electron chi connectivity index (χ0n) is 11.8. The fourth-order valence-electron chi connectivity index (χ4n) is 2.10. The molecule has 4 nitrogen and oxygen atoms in total. The van der Waals surface area contributed by atoms with E-state index in [4.69, 9.17) is 0 Å². The second kappa shape index (κ2) is 6.92. The van der Waals surface area contributed by atoms with Gasteiger partial charge in [-0.3, -0.25) is 4.57 Å². The molecule has 0 aromatic carbocycles. The van der Waals surface area contributed by atoms with Gasteiger partial charge in [-0.15, -0.1) is 0 Å². The van der Waals surface area contributed by atoms with Gasteiger partial charge < -0.3 is 5.32 Å². The van der Waals surface area contributed by atoms with Crippen LogP contribution in [0.4, 0.5) is 5.69 Å². The number of rotatable bonds is 7. The maximum Gasteiger partial charge on any atom is 0.161 e. The van der Waals surface area contributed by atoms with E-state index in [1.165, 1.54) is 25.7 Å². The van der Waals surface area contributed by atoms with Crippen molar-refractivity contribution in [3.05, 3.63) is 36.5 Å². The monoisotopic (exact) mass is 258 g/mol. The van der Waals surface area contributed by atoms with E-state index in [2.05, 4.69) is 28.3 Å². The number of nitrogens with one attached hydrogen (secondary N) is 1. The van der Waals surface area contributed by atoms with E-state index in [1.807, 2.05) is 30.0 Å². The van der Waals surface area contributed by atoms with Crippen molar-refractivity contribution < 1.29 is 0 Å². The third-order valence-corrected chi connectivity index (χ3v) is 3.19. The number of nitrogens with zero attached hydrogens (tertiary/aromatic N) is 3. The van der Waals surface area contributed by atoms with Crippen molar-refractivity contribution in [3.63, 3.8) is 0 Å². The SMILES string of the molecule is CCCCCCNc1cccnc1-n1ccnc1C. The summed E-state index contributed by atoms with van der Waals surface area (Å²) in [5.74, 6) is 1.88. The Hall–Kier alpha value is -1.84. The molecule has 0 saturated carbocycles. The van der Waals surface area contributed by atoms with Crippen molar-refractivity contribution in [1.29, 1.82) is 0 Å². The smallest absolute Gasteiger partial charge is 0.161 e. The van der Waals surface area contributed by atoms with E-state index in [0.29, 0.717) is 0 Å². The number of pyridine rings is 1. The van der Waals surface area contributed by atoms with Gasteiger partial charge in [0.15, 0.2) is 5.82 Å². The minimum atomic E-state index is 0.924. The van der Waals surface area contributed by atoms with Crippen molar-refractivity contribution in [2.75, 3.05) is 11.9 Å². The molecule has 0 radical (unpaired) electrons. The third kappa shape index (κ3) is 3.56. The predicted octanol–water partition coefficient (Wildman–Crippen LogP) is 3.57. The summed E-state index contributed by atoms with van der Waals surface area (Å²) < 4.78 is 2.01. The number of anilines is 1. The minimum absolute atomic E-state index is 0.924. The fraction of sp³-hybridized carbons (Fsp3) is 0.467. The summed E-state index contributed by atoms with van der Waals surface area (Å²) in [5.41, 5.74) is 1.07. The van der Waals surface area contributed by atoms with Crippen LogP contribution in [0.3, 0.4) is 0 Å². The molecule has 0 bridgehead atoms. The molecule has 0 atom stereocenters. The van der Waals surface area contributed by atoms with Gasteiger partial charge in [-0.25, -0.2) is 9.97 Å². The summed E-state index contributed by atoms with van der Waals surface area (Å²) in [7, 11) is 0. The Bertz CT molecular complexity index is 504. The summed E-state index contributed by atoms with van der Waals surface area (Å²) in [6.07, 6.45) is 10.6. The zero-order chi connectivity index (χ0) is 13.5. The van der Waals surface area contributed by atoms with Crippen molar-refractivity contribution in [2.45, 2.75) is 39.5 Å². The Balaban J connectivity index is 2.03. The molecule has 0 spiro atoms. The van der Waals surface area contributed by atoms with Gasteiger partial charge in [-0.05, 0) is 25.5 Å². The van der Waals surface area contributed by atoms with Crippen LogP contribution in [0.2, 0.25) is 0 Å². The molecule has 0 fully saturated rings. The molecule has 19 heavy (non-hydrogen) atoms. The van der Waals surface area contributed by atoms with E-state index in [0.717, 1.165) is 23.9 Å². The summed E-state index contributed by atoms with van der Waals surface area (Å²) in [5, 5.41) is 3.48. The average molecular weight is 258 g/mol. The number of aromatic nitrogens is 3. The highest BCUT2D eigenvalue weighted by Crippen LogP contribution is 2.18. The predicted molar refractivity (Wildman–Crippen MR) is 78.7 cm³/mol. The largest absolute Gasteiger partial charge is 0.382 e. The first-order chi connectivity index (χ1) is 9.33. The van der Waals surface area contributed by atoms with Crippen molar-refractivity contribution >= 4 is 5.69 Å². The van der Waals surface area contributed by atoms with Gasteiger partial charge in [0.1, 0.15) is 5.82 Å². The Morgan fingerprint density at radius 1 is 1.16 bits per heavy atom. The Kier molecular flexibility index (Phi) is 4.95. The van der Waals surface area contributed by atoms with Gasteiger partial charge in [0.2, 0.25) is 0 Å². The van der Waals surface area contributed by atoms with E-state index >= 15 is 0 Å². The molecule has 0 aliphatic heterocycles. The molecule has 0 aliphatic carbocycles. The first-order valence-corrected chi connectivity index (χ1v) is 7.02. The van der Waals surface area contributed by atoms with Crippen LogP contribution in [0.1, 0.15) is 38.4 Å². The highest BCUT2D eigenvalue weighted by atomic mass is 15.1. The molecule has 0 aliphatic rings. The van der Waals surface area contributed by atoms with Gasteiger partial charge in [0.25, 0.3) is 0 Å². The quantitative estimate of drug-likeness (QED) is 0.772. The molecule has 2 rings (SSSR count). The molecule has 102 valence electrons. The first kappa shape index (κ1) is 13.6. The van der Waals surface area contributed by atoms with Gasteiger partial charge in [-0.2, -0.15) is 0 Å². The zero-order valence-corrected chi connectivity index (χ0v) is 11.8. The van der Waals surface area contributed by atoms with Crippen LogP contribution in [-0.4, -0.2) is 21.1 Å². The highest BCUT2D eigenvalue weighted by Gasteiger charge is 2.07. The second-order valence-corrected chi connectivity index (χ2v) is 4.71. The van der Waals surface area contributed by atoms with E-state index in [1.54, 1.807) is 6.20 Å². The van der Waals surface area contributed by atoms with Gasteiger partial charge in [0, 0.05) is 25.1 Å². The summed E-state index contributed by atoms with van der Waals surface area (Å²) in [6.45, 7) is 5.21. The molecule has 2 aromatic rings. The Morgan fingerprint density at radius 3 is 2.79 bits per heavy atom. The van der Waals surface area contributed by atoms with Crippen LogP contribution in [0.15, 0.2) is 30.7 Å². The lowest BCUT2D eigenvalue weighted by molar-refractivity contribution is 0.684. The maximum atomic E-state index is 4.46. The number of hydrogen-bond donors (Lipinski definition) is 1. The molecular weight excluding hydrogens is 236 g/mol. The molecule has 0 amide bonds. The molecule has 1 N–H and O–H groups in total. The van der Waals surface area contributed by atoms with Crippen LogP contribution >= 0.6 is 0 Å². The molecule has 2 heterocycles. The van der Waals surface area contributed by atoms with Crippen molar-refractivity contribution in [3.8, 4) is 5.82 Å². The van der Waals surface area contributed by atoms with E-state index in [9.17, 15) is 0 Å². The maximum absolute atomic E-state index is 4.46. The summed E-state index contributed by atoms with van der Waals surface area (Å²) in [4.78, 5) is 8.71. The molecular formula is C15H22N4. The first-order valence-electron chi connectivity index (χ1n) is 7.02. The van der Waals surface area contributed by atoms with Gasteiger partial charge >= 0.3 is 0 Å². The molecule has 0 unspecified atom stereocenters. The van der Waals surface area contributed by atoms with Gasteiger partial charge in [-0.1, -0.05) is 26.2 Å². The van der Waals surface area contributed by atoms with Crippen LogP contribution in [0, 0.1) is 6.92 Å². The normalized spacial score (nSPS) is 10.6. The Labute approximate surface area is 114 Å². The van der Waals surface area contributed by atoms with Crippen LogP contribution in [-0.2, 0) is 0 Å².